The second-order valence-corrected chi connectivity index (χ2v) is 7.16. The summed E-state index contributed by atoms with van der Waals surface area (Å²) in [5, 5.41) is 9.28. The molecule has 0 aliphatic carbocycles. The van der Waals surface area contributed by atoms with Gasteiger partial charge in [0.2, 0.25) is 0 Å². The van der Waals surface area contributed by atoms with E-state index in [9.17, 15) is 9.90 Å². The quantitative estimate of drug-likeness (QED) is 0.898. The first-order valence-corrected chi connectivity index (χ1v) is 9.20. The summed E-state index contributed by atoms with van der Waals surface area (Å²) in [6.45, 7) is 1.50. The fourth-order valence-electron chi connectivity index (χ4n) is 3.57. The highest BCUT2D eigenvalue weighted by Crippen LogP contribution is 2.32. The van der Waals surface area contributed by atoms with E-state index in [1.807, 2.05) is 4.90 Å². The van der Waals surface area contributed by atoms with Gasteiger partial charge in [0.1, 0.15) is 5.69 Å². The van der Waals surface area contributed by atoms with Gasteiger partial charge in [0, 0.05) is 13.1 Å². The molecule has 1 atom stereocenters. The zero-order valence-corrected chi connectivity index (χ0v) is 15.6. The van der Waals surface area contributed by atoms with Gasteiger partial charge in [0.25, 0.3) is 5.91 Å². The third-order valence-corrected chi connectivity index (χ3v) is 4.81. The van der Waals surface area contributed by atoms with Crippen LogP contribution in [0.15, 0.2) is 42.5 Å². The summed E-state index contributed by atoms with van der Waals surface area (Å²) in [7, 11) is 4.12. The number of piperidine rings is 1. The van der Waals surface area contributed by atoms with Crippen LogP contribution in [0.4, 0.5) is 0 Å². The van der Waals surface area contributed by atoms with Gasteiger partial charge >= 0.3 is 0 Å². The molecule has 2 aromatic rings. The Bertz CT molecular complexity index is 743. The van der Waals surface area contributed by atoms with Crippen LogP contribution in [-0.4, -0.2) is 46.4 Å². The molecule has 1 saturated heterocycles. The Morgan fingerprint density at radius 3 is 2.65 bits per heavy atom. The molecule has 0 saturated carbocycles. The molecular formula is C21H27N3O2. The van der Waals surface area contributed by atoms with Crippen molar-refractivity contribution >= 4 is 5.91 Å². The van der Waals surface area contributed by atoms with Gasteiger partial charge in [-0.15, -0.1) is 0 Å². The zero-order chi connectivity index (χ0) is 18.5. The monoisotopic (exact) mass is 353 g/mol. The predicted molar refractivity (Wildman–Crippen MR) is 102 cm³/mol. The van der Waals surface area contributed by atoms with E-state index in [4.69, 9.17) is 0 Å². The van der Waals surface area contributed by atoms with Crippen molar-refractivity contribution in [1.82, 2.24) is 14.8 Å². The minimum absolute atomic E-state index is 0.0534. The van der Waals surface area contributed by atoms with Crippen LogP contribution in [0.5, 0.6) is 0 Å². The molecule has 1 aromatic heterocycles. The number of carbonyl (C=O) groups excluding carboxylic acids is 1. The van der Waals surface area contributed by atoms with Crippen LogP contribution in [-0.2, 0) is 13.2 Å². The van der Waals surface area contributed by atoms with E-state index in [1.54, 1.807) is 18.2 Å². The predicted octanol–water partition coefficient (Wildman–Crippen LogP) is 3.00. The molecule has 5 heteroatoms. The minimum Gasteiger partial charge on any atom is -0.390 e. The number of nitrogens with zero attached hydrogens (tertiary/aromatic N) is 3. The molecule has 5 nitrogen and oxygen atoms in total. The third-order valence-electron chi connectivity index (χ3n) is 4.81. The molecule has 1 aliphatic rings. The first-order valence-electron chi connectivity index (χ1n) is 9.20. The number of carbonyl (C=O) groups is 1. The lowest BCUT2D eigenvalue weighted by molar-refractivity contribution is 0.0605. The average Bonchev–Trinajstić information content (AvgIpc) is 2.67. The molecular weight excluding hydrogens is 326 g/mol. The maximum Gasteiger partial charge on any atom is 0.272 e. The van der Waals surface area contributed by atoms with Gasteiger partial charge in [-0.25, -0.2) is 4.98 Å². The highest BCUT2D eigenvalue weighted by Gasteiger charge is 2.29. The van der Waals surface area contributed by atoms with Gasteiger partial charge in [-0.3, -0.25) is 4.79 Å². The Labute approximate surface area is 155 Å². The van der Waals surface area contributed by atoms with Crippen LogP contribution in [0.2, 0.25) is 0 Å². The SMILES string of the molecule is CN(C)Cc1ccc(C2CCCCN2C(=O)c2cccc(CO)n2)cc1. The van der Waals surface area contributed by atoms with Gasteiger partial charge < -0.3 is 14.9 Å². The summed E-state index contributed by atoms with van der Waals surface area (Å²) < 4.78 is 0. The molecule has 0 bridgehead atoms. The average molecular weight is 353 g/mol. The number of likely N-dealkylation sites (tertiary alicyclic amines) is 1. The fraction of sp³-hybridized carbons (Fsp3) is 0.429. The highest BCUT2D eigenvalue weighted by atomic mass is 16.3. The van der Waals surface area contributed by atoms with Crippen molar-refractivity contribution in [2.24, 2.45) is 0 Å². The van der Waals surface area contributed by atoms with E-state index in [0.29, 0.717) is 11.4 Å². The number of benzene rings is 1. The standard InChI is InChI=1S/C21H27N3O2/c1-23(2)14-16-9-11-17(12-10-16)20-8-3-4-13-24(20)21(26)19-7-5-6-18(15-25)22-19/h5-7,9-12,20,25H,3-4,8,13-15H2,1-2H3. The van der Waals surface area contributed by atoms with Gasteiger partial charge in [0.15, 0.2) is 0 Å². The normalized spacial score (nSPS) is 17.5. The Balaban J connectivity index is 1.82. The van der Waals surface area contributed by atoms with Crippen molar-refractivity contribution in [2.75, 3.05) is 20.6 Å². The third kappa shape index (κ3) is 4.29. The van der Waals surface area contributed by atoms with E-state index in [-0.39, 0.29) is 18.6 Å². The van der Waals surface area contributed by atoms with Crippen LogP contribution in [0.25, 0.3) is 0 Å². The second kappa shape index (κ2) is 8.43. The van der Waals surface area contributed by atoms with Crippen molar-refractivity contribution in [3.63, 3.8) is 0 Å². The highest BCUT2D eigenvalue weighted by molar-refractivity contribution is 5.92. The Morgan fingerprint density at radius 2 is 1.96 bits per heavy atom. The second-order valence-electron chi connectivity index (χ2n) is 7.16. The maximum atomic E-state index is 13.0. The molecule has 26 heavy (non-hydrogen) atoms. The summed E-state index contributed by atoms with van der Waals surface area (Å²) in [6, 6.07) is 13.9. The summed E-state index contributed by atoms with van der Waals surface area (Å²) in [6.07, 6.45) is 3.11. The molecule has 1 aliphatic heterocycles. The van der Waals surface area contributed by atoms with Gasteiger partial charge in [-0.05, 0) is 56.6 Å². The van der Waals surface area contributed by atoms with E-state index in [1.165, 1.54) is 11.1 Å². The molecule has 0 spiro atoms. The molecule has 1 aromatic carbocycles. The molecule has 3 rings (SSSR count). The lowest BCUT2D eigenvalue weighted by Crippen LogP contribution is -2.39. The molecule has 1 fully saturated rings. The number of pyridine rings is 1. The summed E-state index contributed by atoms with van der Waals surface area (Å²) >= 11 is 0. The number of aliphatic hydroxyl groups excluding tert-OH is 1. The van der Waals surface area contributed by atoms with Crippen LogP contribution < -0.4 is 0 Å². The van der Waals surface area contributed by atoms with Crippen LogP contribution >= 0.6 is 0 Å². The Hall–Kier alpha value is -2.24. The van der Waals surface area contributed by atoms with E-state index < -0.39 is 0 Å². The Kier molecular flexibility index (Phi) is 6.01. The minimum atomic E-state index is -0.155. The van der Waals surface area contributed by atoms with Crippen LogP contribution in [0.3, 0.4) is 0 Å². The molecule has 1 amide bonds. The largest absolute Gasteiger partial charge is 0.390 e. The van der Waals surface area contributed by atoms with Crippen molar-refractivity contribution in [2.45, 2.75) is 38.5 Å². The van der Waals surface area contributed by atoms with E-state index >= 15 is 0 Å². The summed E-state index contributed by atoms with van der Waals surface area (Å²) in [5.74, 6) is -0.0534. The van der Waals surface area contributed by atoms with Gasteiger partial charge in [-0.2, -0.15) is 0 Å². The number of hydrogen-bond acceptors (Lipinski definition) is 4. The van der Waals surface area contributed by atoms with Crippen molar-refractivity contribution < 1.29 is 9.90 Å². The maximum absolute atomic E-state index is 13.0. The number of aliphatic hydroxyl groups is 1. The molecule has 1 unspecified atom stereocenters. The molecule has 138 valence electrons. The van der Waals surface area contributed by atoms with Crippen LogP contribution in [0, 0.1) is 0 Å². The lowest BCUT2D eigenvalue weighted by atomic mass is 9.94. The zero-order valence-electron chi connectivity index (χ0n) is 15.6. The number of rotatable bonds is 5. The summed E-state index contributed by atoms with van der Waals surface area (Å²) in [5.41, 5.74) is 3.38. The topological polar surface area (TPSA) is 56.7 Å². The summed E-state index contributed by atoms with van der Waals surface area (Å²) in [4.78, 5) is 21.4. The van der Waals surface area contributed by atoms with E-state index in [2.05, 4.69) is 48.2 Å². The smallest absolute Gasteiger partial charge is 0.272 e. The molecule has 0 radical (unpaired) electrons. The number of amides is 1. The van der Waals surface area contributed by atoms with Crippen molar-refractivity contribution in [1.29, 1.82) is 0 Å². The molecule has 2 heterocycles. The van der Waals surface area contributed by atoms with Gasteiger partial charge in [-0.1, -0.05) is 30.3 Å². The lowest BCUT2D eigenvalue weighted by Gasteiger charge is -2.36. The fourth-order valence-corrected chi connectivity index (χ4v) is 3.57. The number of aromatic nitrogens is 1. The van der Waals surface area contributed by atoms with Gasteiger partial charge in [0.05, 0.1) is 18.3 Å². The Morgan fingerprint density at radius 1 is 1.19 bits per heavy atom. The first kappa shape index (κ1) is 18.5. The molecule has 1 N–H and O–H groups in total. The van der Waals surface area contributed by atoms with Crippen LogP contribution in [0.1, 0.15) is 52.6 Å². The first-order chi connectivity index (χ1) is 12.6. The van der Waals surface area contributed by atoms with Crippen molar-refractivity contribution in [3.05, 3.63) is 65.0 Å². The number of hydrogen-bond donors (Lipinski definition) is 1. The van der Waals surface area contributed by atoms with E-state index in [0.717, 1.165) is 32.4 Å². The van der Waals surface area contributed by atoms with Crippen molar-refractivity contribution in [3.8, 4) is 0 Å².